The Labute approximate surface area is 141 Å². The molecular formula is C16H24N4O2S. The van der Waals surface area contributed by atoms with Gasteiger partial charge in [0.15, 0.2) is 5.16 Å². The van der Waals surface area contributed by atoms with Crippen molar-refractivity contribution in [1.82, 2.24) is 14.9 Å². The molecule has 2 fully saturated rings. The number of piperidine rings is 1. The predicted octanol–water partition coefficient (Wildman–Crippen LogP) is 1.66. The summed E-state index contributed by atoms with van der Waals surface area (Å²) in [4.78, 5) is 26.0. The minimum absolute atomic E-state index is 0.240. The Balaban J connectivity index is 1.73. The van der Waals surface area contributed by atoms with Crippen molar-refractivity contribution in [3.8, 4) is 0 Å². The summed E-state index contributed by atoms with van der Waals surface area (Å²) in [5.41, 5.74) is -0.240. The fourth-order valence-corrected chi connectivity index (χ4v) is 3.97. The monoisotopic (exact) mass is 336 g/mol. The highest BCUT2D eigenvalue weighted by Gasteiger charge is 2.48. The van der Waals surface area contributed by atoms with Gasteiger partial charge in [0.05, 0.1) is 12.0 Å². The second kappa shape index (κ2) is 7.05. The van der Waals surface area contributed by atoms with Gasteiger partial charge in [0.25, 0.3) is 0 Å². The maximum atomic E-state index is 13.0. The van der Waals surface area contributed by atoms with Gasteiger partial charge >= 0.3 is 0 Å². The number of anilines is 1. The highest BCUT2D eigenvalue weighted by molar-refractivity contribution is 7.98. The molecule has 1 atom stereocenters. The molecule has 1 spiro atoms. The Bertz CT molecular complexity index is 571. The number of hydrogen-bond donors (Lipinski definition) is 0. The first-order chi connectivity index (χ1) is 11.2. The average Bonchev–Trinajstić information content (AvgIpc) is 3.02. The third kappa shape index (κ3) is 3.30. The van der Waals surface area contributed by atoms with E-state index in [1.807, 2.05) is 17.2 Å². The lowest BCUT2D eigenvalue weighted by Gasteiger charge is -2.39. The minimum atomic E-state index is -0.240. The van der Waals surface area contributed by atoms with Gasteiger partial charge in [-0.3, -0.25) is 4.79 Å². The van der Waals surface area contributed by atoms with Gasteiger partial charge in [-0.05, 0) is 31.6 Å². The smallest absolute Gasteiger partial charge is 0.230 e. The summed E-state index contributed by atoms with van der Waals surface area (Å²) in [5, 5.41) is 0.778. The van der Waals surface area contributed by atoms with E-state index in [4.69, 9.17) is 4.74 Å². The van der Waals surface area contributed by atoms with Crippen LogP contribution in [0.1, 0.15) is 19.3 Å². The minimum Gasteiger partial charge on any atom is -0.383 e. The molecule has 3 heterocycles. The summed E-state index contributed by atoms with van der Waals surface area (Å²) in [7, 11) is 1.68. The van der Waals surface area contributed by atoms with Crippen molar-refractivity contribution in [3.05, 3.63) is 12.3 Å². The normalized spacial score (nSPS) is 24.7. The van der Waals surface area contributed by atoms with Crippen molar-refractivity contribution < 1.29 is 9.53 Å². The number of likely N-dealkylation sites (tertiary alicyclic amines) is 1. The molecule has 3 rings (SSSR count). The fraction of sp³-hybridized carbons (Fsp3) is 0.688. The van der Waals surface area contributed by atoms with Crippen LogP contribution in [0.5, 0.6) is 0 Å². The van der Waals surface area contributed by atoms with Gasteiger partial charge in [-0.15, -0.1) is 0 Å². The van der Waals surface area contributed by atoms with Crippen LogP contribution in [0.15, 0.2) is 17.4 Å². The molecule has 1 aromatic rings. The summed E-state index contributed by atoms with van der Waals surface area (Å²) in [5.74, 6) is 1.23. The van der Waals surface area contributed by atoms with Crippen molar-refractivity contribution in [3.63, 3.8) is 0 Å². The zero-order valence-corrected chi connectivity index (χ0v) is 14.6. The SMILES string of the molecule is COCCN1CCC[C@]2(CCN(c3ccnc(SC)n3)C2)C1=O. The molecule has 1 amide bonds. The molecule has 0 radical (unpaired) electrons. The summed E-state index contributed by atoms with van der Waals surface area (Å²) in [6.07, 6.45) is 6.74. The highest BCUT2D eigenvalue weighted by atomic mass is 32.2. The van der Waals surface area contributed by atoms with Crippen LogP contribution >= 0.6 is 11.8 Å². The molecule has 0 saturated carbocycles. The lowest BCUT2D eigenvalue weighted by Crippen LogP contribution is -2.51. The van der Waals surface area contributed by atoms with Crippen LogP contribution in [0.25, 0.3) is 0 Å². The number of aromatic nitrogens is 2. The van der Waals surface area contributed by atoms with E-state index in [0.29, 0.717) is 19.1 Å². The summed E-state index contributed by atoms with van der Waals surface area (Å²) >= 11 is 1.54. The molecule has 6 nitrogen and oxygen atoms in total. The molecule has 2 saturated heterocycles. The zero-order chi connectivity index (χ0) is 16.3. The first-order valence-electron chi connectivity index (χ1n) is 8.09. The van der Waals surface area contributed by atoms with Crippen LogP contribution in [-0.4, -0.2) is 66.9 Å². The van der Waals surface area contributed by atoms with E-state index in [1.165, 1.54) is 0 Å². The van der Waals surface area contributed by atoms with E-state index in [1.54, 1.807) is 25.1 Å². The number of ether oxygens (including phenoxy) is 1. The first kappa shape index (κ1) is 16.5. The van der Waals surface area contributed by atoms with Crippen molar-refractivity contribution >= 4 is 23.5 Å². The number of carbonyl (C=O) groups is 1. The van der Waals surface area contributed by atoms with Crippen LogP contribution in [0.2, 0.25) is 0 Å². The van der Waals surface area contributed by atoms with E-state index >= 15 is 0 Å². The quantitative estimate of drug-likeness (QED) is 0.602. The number of carbonyl (C=O) groups excluding carboxylic acids is 1. The fourth-order valence-electron chi connectivity index (χ4n) is 3.62. The standard InChI is InChI=1S/C16H24N4O2S/c1-22-11-10-19-8-3-5-16(14(19)21)6-9-20(12-16)13-4-7-17-15(18-13)23-2/h4,7H,3,5-6,8-12H2,1-2H3/t16-/m1/s1. The number of thioether (sulfide) groups is 1. The third-order valence-electron chi connectivity index (χ3n) is 4.87. The van der Waals surface area contributed by atoms with E-state index in [9.17, 15) is 4.79 Å². The summed E-state index contributed by atoms with van der Waals surface area (Å²) in [6, 6.07) is 1.94. The van der Waals surface area contributed by atoms with Crippen LogP contribution in [-0.2, 0) is 9.53 Å². The van der Waals surface area contributed by atoms with E-state index < -0.39 is 0 Å². The van der Waals surface area contributed by atoms with Gasteiger partial charge in [-0.2, -0.15) is 0 Å². The first-order valence-corrected chi connectivity index (χ1v) is 9.31. The lowest BCUT2D eigenvalue weighted by molar-refractivity contribution is -0.145. The van der Waals surface area contributed by atoms with Crippen molar-refractivity contribution in [2.75, 3.05) is 51.1 Å². The molecular weight excluding hydrogens is 312 g/mol. The molecule has 126 valence electrons. The zero-order valence-electron chi connectivity index (χ0n) is 13.8. The summed E-state index contributed by atoms with van der Waals surface area (Å²) in [6.45, 7) is 3.80. The predicted molar refractivity (Wildman–Crippen MR) is 90.8 cm³/mol. The number of methoxy groups -OCH3 is 1. The molecule has 23 heavy (non-hydrogen) atoms. The van der Waals surface area contributed by atoms with Crippen molar-refractivity contribution in [2.24, 2.45) is 5.41 Å². The molecule has 0 aromatic carbocycles. The molecule has 0 N–H and O–H groups in total. The third-order valence-corrected chi connectivity index (χ3v) is 5.43. The van der Waals surface area contributed by atoms with Crippen LogP contribution in [0.3, 0.4) is 0 Å². The molecule has 0 aliphatic carbocycles. The summed E-state index contributed by atoms with van der Waals surface area (Å²) < 4.78 is 5.14. The van der Waals surface area contributed by atoms with Crippen molar-refractivity contribution in [2.45, 2.75) is 24.4 Å². The molecule has 2 aliphatic heterocycles. The number of rotatable bonds is 5. The van der Waals surface area contributed by atoms with E-state index in [0.717, 1.165) is 49.9 Å². The van der Waals surface area contributed by atoms with Gasteiger partial charge in [-0.1, -0.05) is 11.8 Å². The van der Waals surface area contributed by atoms with Gasteiger partial charge in [0.2, 0.25) is 5.91 Å². The topological polar surface area (TPSA) is 58.6 Å². The van der Waals surface area contributed by atoms with Gasteiger partial charge in [-0.25, -0.2) is 9.97 Å². The van der Waals surface area contributed by atoms with Crippen LogP contribution < -0.4 is 4.90 Å². The molecule has 0 bridgehead atoms. The van der Waals surface area contributed by atoms with Gasteiger partial charge < -0.3 is 14.5 Å². The van der Waals surface area contributed by atoms with Crippen LogP contribution in [0.4, 0.5) is 5.82 Å². The molecule has 2 aliphatic rings. The lowest BCUT2D eigenvalue weighted by atomic mass is 9.78. The van der Waals surface area contributed by atoms with Crippen LogP contribution in [0, 0.1) is 5.41 Å². The van der Waals surface area contributed by atoms with E-state index in [2.05, 4.69) is 14.9 Å². The number of amides is 1. The number of nitrogens with zero attached hydrogens (tertiary/aromatic N) is 4. The highest BCUT2D eigenvalue weighted by Crippen LogP contribution is 2.41. The maximum Gasteiger partial charge on any atom is 0.230 e. The Hall–Kier alpha value is -1.34. The van der Waals surface area contributed by atoms with E-state index in [-0.39, 0.29) is 5.41 Å². The molecule has 7 heteroatoms. The Morgan fingerprint density at radius 2 is 2.26 bits per heavy atom. The molecule has 1 aromatic heterocycles. The Morgan fingerprint density at radius 3 is 3.04 bits per heavy atom. The van der Waals surface area contributed by atoms with Crippen molar-refractivity contribution in [1.29, 1.82) is 0 Å². The Morgan fingerprint density at radius 1 is 1.39 bits per heavy atom. The largest absolute Gasteiger partial charge is 0.383 e. The Kier molecular flexibility index (Phi) is 5.06. The molecule has 0 unspecified atom stereocenters. The van der Waals surface area contributed by atoms with Gasteiger partial charge in [0.1, 0.15) is 5.82 Å². The maximum absolute atomic E-state index is 13.0. The second-order valence-corrected chi connectivity index (χ2v) is 7.02. The second-order valence-electron chi connectivity index (χ2n) is 6.24. The average molecular weight is 336 g/mol. The van der Waals surface area contributed by atoms with Gasteiger partial charge in [0, 0.05) is 39.5 Å². The number of hydrogen-bond acceptors (Lipinski definition) is 6.